The molecule has 2 aliphatic rings. The summed E-state index contributed by atoms with van der Waals surface area (Å²) in [5.74, 6) is -1.09. The number of anilines is 1. The zero-order chi connectivity index (χ0) is 27.8. The van der Waals surface area contributed by atoms with Crippen LogP contribution < -0.4 is 4.90 Å². The Labute approximate surface area is 235 Å². The molecule has 6 nitrogen and oxygen atoms in total. The van der Waals surface area contributed by atoms with Crippen LogP contribution in [0.5, 0.6) is 5.75 Å². The number of aromatic nitrogens is 2. The van der Waals surface area contributed by atoms with Gasteiger partial charge in [0, 0.05) is 34.3 Å². The smallest absolute Gasteiger partial charge is 0.242 e. The molecule has 2 aromatic carbocycles. The van der Waals surface area contributed by atoms with Gasteiger partial charge in [-0.3, -0.25) is 14.3 Å². The van der Waals surface area contributed by atoms with E-state index in [1.807, 2.05) is 69.3 Å². The molecular formula is C31H28ClN3O3S. The summed E-state index contributed by atoms with van der Waals surface area (Å²) >= 11 is 7.84. The molecule has 0 bridgehead atoms. The Bertz CT molecular complexity index is 1750. The number of carbonyl (C=O) groups excluding carboxylic acids is 2. The number of phenolic OH excluding ortho intramolecular Hbond substituents is 1. The van der Waals surface area contributed by atoms with E-state index in [2.05, 4.69) is 6.58 Å². The van der Waals surface area contributed by atoms with Crippen LogP contribution in [0.15, 0.2) is 66.8 Å². The minimum absolute atomic E-state index is 0.138. The summed E-state index contributed by atoms with van der Waals surface area (Å²) in [5.41, 5.74) is 2.82. The van der Waals surface area contributed by atoms with Crippen LogP contribution in [0.4, 0.5) is 5.82 Å². The lowest BCUT2D eigenvalue weighted by atomic mass is 9.60. The number of halogens is 1. The van der Waals surface area contributed by atoms with Crippen molar-refractivity contribution in [1.29, 1.82) is 0 Å². The van der Waals surface area contributed by atoms with Gasteiger partial charge in [0.05, 0.1) is 16.2 Å². The summed E-state index contributed by atoms with van der Waals surface area (Å²) in [7, 11) is 1.75. The Kier molecular flexibility index (Phi) is 5.86. The molecule has 0 spiro atoms. The molecule has 1 aliphatic carbocycles. The van der Waals surface area contributed by atoms with Crippen molar-refractivity contribution < 1.29 is 14.7 Å². The van der Waals surface area contributed by atoms with E-state index in [9.17, 15) is 14.7 Å². The maximum absolute atomic E-state index is 14.4. The van der Waals surface area contributed by atoms with Crippen LogP contribution in [0.2, 0.25) is 5.02 Å². The molecular weight excluding hydrogens is 530 g/mol. The highest BCUT2D eigenvalue weighted by Gasteiger charge is 2.63. The topological polar surface area (TPSA) is 75.4 Å². The second kappa shape index (κ2) is 8.93. The molecule has 3 heterocycles. The standard InChI is InChI=1S/C31H28ClN3O3S/c1-6-18-10-12-22-29(37)35(30(38)31(22,4)26(18)20-9-7-8-16(2)27(20)36)25-15-23(33-34(25)5)28-17(3)21-14-19(32)11-13-24(21)39-28/h6-11,13-15,22,26,36H,1,12H2,2-5H3/t22-,26+,31+/m0/s1. The van der Waals surface area contributed by atoms with Crippen LogP contribution in [0.1, 0.15) is 36.0 Å². The van der Waals surface area contributed by atoms with E-state index in [4.69, 9.17) is 16.7 Å². The Morgan fingerprint density at radius 2 is 1.97 bits per heavy atom. The van der Waals surface area contributed by atoms with Crippen molar-refractivity contribution in [2.75, 3.05) is 4.90 Å². The predicted octanol–water partition coefficient (Wildman–Crippen LogP) is 7.07. The molecule has 39 heavy (non-hydrogen) atoms. The fourth-order valence-corrected chi connectivity index (χ4v) is 7.66. The third-order valence-corrected chi connectivity index (χ3v) is 9.99. The van der Waals surface area contributed by atoms with Gasteiger partial charge < -0.3 is 5.11 Å². The summed E-state index contributed by atoms with van der Waals surface area (Å²) in [6.07, 6.45) is 4.12. The largest absolute Gasteiger partial charge is 0.507 e. The first-order valence-corrected chi connectivity index (χ1v) is 14.0. The summed E-state index contributed by atoms with van der Waals surface area (Å²) < 4.78 is 2.69. The molecule has 8 heteroatoms. The summed E-state index contributed by atoms with van der Waals surface area (Å²) in [6, 6.07) is 13.1. The van der Waals surface area contributed by atoms with Crippen molar-refractivity contribution in [2.24, 2.45) is 18.4 Å². The van der Waals surface area contributed by atoms with Crippen molar-refractivity contribution in [3.8, 4) is 16.3 Å². The van der Waals surface area contributed by atoms with Crippen molar-refractivity contribution in [2.45, 2.75) is 33.1 Å². The second-order valence-electron chi connectivity index (χ2n) is 10.6. The number of aromatic hydroxyl groups is 1. The Hall–Kier alpha value is -3.68. The monoisotopic (exact) mass is 557 g/mol. The zero-order valence-electron chi connectivity index (χ0n) is 22.2. The lowest BCUT2D eigenvalue weighted by molar-refractivity contribution is -0.127. The van der Waals surface area contributed by atoms with Gasteiger partial charge in [0.25, 0.3) is 0 Å². The number of nitrogens with zero attached hydrogens (tertiary/aromatic N) is 3. The quantitative estimate of drug-likeness (QED) is 0.272. The second-order valence-corrected chi connectivity index (χ2v) is 12.1. The highest BCUT2D eigenvalue weighted by molar-refractivity contribution is 7.22. The fourth-order valence-electron chi connectivity index (χ4n) is 6.34. The zero-order valence-corrected chi connectivity index (χ0v) is 23.7. The average molecular weight is 558 g/mol. The van der Waals surface area contributed by atoms with Crippen LogP contribution in [0.3, 0.4) is 0 Å². The summed E-state index contributed by atoms with van der Waals surface area (Å²) in [4.78, 5) is 30.6. The number of benzene rings is 2. The van der Waals surface area contributed by atoms with Gasteiger partial charge in [-0.25, -0.2) is 4.90 Å². The first-order chi connectivity index (χ1) is 18.6. The summed E-state index contributed by atoms with van der Waals surface area (Å²) in [5, 5.41) is 17.5. The van der Waals surface area contributed by atoms with Crippen LogP contribution in [0.25, 0.3) is 20.7 Å². The number of para-hydroxylation sites is 1. The van der Waals surface area contributed by atoms with Gasteiger partial charge in [-0.1, -0.05) is 48.5 Å². The highest BCUT2D eigenvalue weighted by Crippen LogP contribution is 2.58. The van der Waals surface area contributed by atoms with Gasteiger partial charge in [0.2, 0.25) is 11.8 Å². The van der Waals surface area contributed by atoms with E-state index >= 15 is 0 Å². The van der Waals surface area contributed by atoms with Crippen LogP contribution >= 0.6 is 22.9 Å². The Morgan fingerprint density at radius 1 is 1.21 bits per heavy atom. The van der Waals surface area contributed by atoms with Crippen molar-refractivity contribution in [3.05, 3.63) is 88.5 Å². The average Bonchev–Trinajstić information content (AvgIpc) is 3.50. The van der Waals surface area contributed by atoms with E-state index in [0.717, 1.165) is 26.1 Å². The minimum atomic E-state index is -1.10. The maximum atomic E-state index is 14.4. The number of phenols is 1. The van der Waals surface area contributed by atoms with Gasteiger partial charge in [-0.05, 0) is 67.5 Å². The molecule has 6 rings (SSSR count). The molecule has 2 aromatic heterocycles. The number of rotatable bonds is 4. The van der Waals surface area contributed by atoms with Gasteiger partial charge in [0.15, 0.2) is 0 Å². The lowest BCUT2D eigenvalue weighted by Gasteiger charge is -2.40. The van der Waals surface area contributed by atoms with Crippen molar-refractivity contribution in [3.63, 3.8) is 0 Å². The Balaban J connectivity index is 1.46. The van der Waals surface area contributed by atoms with E-state index < -0.39 is 17.3 Å². The molecule has 3 atom stereocenters. The number of amides is 2. The SMILES string of the molecule is C=CC1=CC[C@H]2C(=O)N(c3cc(-c4sc5ccc(Cl)cc5c4C)nn3C)C(=O)[C@@]2(C)[C@H]1c1cccc(C)c1O. The molecule has 0 unspecified atom stereocenters. The van der Waals surface area contributed by atoms with E-state index in [1.165, 1.54) is 4.90 Å². The van der Waals surface area contributed by atoms with E-state index in [1.54, 1.807) is 29.1 Å². The normalized spacial score (nSPS) is 22.9. The molecule has 1 saturated heterocycles. The number of imide groups is 1. The van der Waals surface area contributed by atoms with Crippen molar-refractivity contribution in [1.82, 2.24) is 9.78 Å². The maximum Gasteiger partial charge on any atom is 0.242 e. The third-order valence-electron chi connectivity index (χ3n) is 8.46. The molecule has 0 saturated carbocycles. The van der Waals surface area contributed by atoms with Crippen LogP contribution in [-0.2, 0) is 16.6 Å². The number of thiophene rings is 1. The number of hydrogen-bond acceptors (Lipinski definition) is 5. The van der Waals surface area contributed by atoms with Gasteiger partial charge >= 0.3 is 0 Å². The first-order valence-electron chi connectivity index (χ1n) is 12.8. The highest BCUT2D eigenvalue weighted by atomic mass is 35.5. The fraction of sp³-hybridized carbons (Fsp3) is 0.258. The van der Waals surface area contributed by atoms with Gasteiger partial charge in [-0.2, -0.15) is 5.10 Å². The molecule has 1 aliphatic heterocycles. The van der Waals surface area contributed by atoms with E-state index in [-0.39, 0.29) is 17.6 Å². The van der Waals surface area contributed by atoms with Gasteiger partial charge in [-0.15, -0.1) is 11.3 Å². The third kappa shape index (κ3) is 3.56. The minimum Gasteiger partial charge on any atom is -0.507 e. The van der Waals surface area contributed by atoms with Crippen LogP contribution in [-0.4, -0.2) is 26.7 Å². The molecule has 4 aromatic rings. The number of allylic oxidation sites excluding steroid dienone is 3. The molecule has 1 N–H and O–H groups in total. The summed E-state index contributed by atoms with van der Waals surface area (Å²) in [6.45, 7) is 9.68. The molecule has 1 fully saturated rings. The van der Waals surface area contributed by atoms with Gasteiger partial charge in [0.1, 0.15) is 17.3 Å². The number of fused-ring (bicyclic) bond motifs is 2. The predicted molar refractivity (Wildman–Crippen MR) is 156 cm³/mol. The number of carbonyl (C=O) groups is 2. The number of hydrogen-bond donors (Lipinski definition) is 1. The lowest BCUT2D eigenvalue weighted by Crippen LogP contribution is -2.42. The molecule has 2 amide bonds. The molecule has 0 radical (unpaired) electrons. The van der Waals surface area contributed by atoms with E-state index in [0.29, 0.717) is 34.1 Å². The first kappa shape index (κ1) is 25.6. The van der Waals surface area contributed by atoms with Crippen molar-refractivity contribution >= 4 is 50.7 Å². The molecule has 198 valence electrons. The van der Waals surface area contributed by atoms with Crippen LogP contribution in [0, 0.1) is 25.2 Å². The number of aryl methyl sites for hydroxylation is 3. The Morgan fingerprint density at radius 3 is 2.72 bits per heavy atom.